The Balaban J connectivity index is 2.84. The molecular weight excluding hydrogens is 198 g/mol. The number of halogens is 1. The summed E-state index contributed by atoms with van der Waals surface area (Å²) in [6, 6.07) is 5.20. The molecule has 1 aromatic rings. The van der Waals surface area contributed by atoms with Crippen LogP contribution in [0.15, 0.2) is 18.2 Å². The molecule has 3 N–H and O–H groups in total. The van der Waals surface area contributed by atoms with E-state index in [0.29, 0.717) is 23.0 Å². The maximum absolute atomic E-state index is 9.84. The van der Waals surface area contributed by atoms with E-state index in [9.17, 15) is 5.11 Å². The van der Waals surface area contributed by atoms with Crippen molar-refractivity contribution in [3.8, 4) is 0 Å². The van der Waals surface area contributed by atoms with Gasteiger partial charge in [0.1, 0.15) is 0 Å². The van der Waals surface area contributed by atoms with Gasteiger partial charge in [-0.1, -0.05) is 31.5 Å². The predicted molar refractivity (Wildman–Crippen MR) is 60.3 cm³/mol. The first-order valence-electron chi connectivity index (χ1n) is 4.73. The second kappa shape index (κ2) is 4.67. The van der Waals surface area contributed by atoms with E-state index in [4.69, 9.17) is 17.3 Å². The van der Waals surface area contributed by atoms with Crippen LogP contribution in [0.4, 0.5) is 5.69 Å². The first-order valence-corrected chi connectivity index (χ1v) is 5.11. The summed E-state index contributed by atoms with van der Waals surface area (Å²) in [5.41, 5.74) is 6.94. The van der Waals surface area contributed by atoms with Crippen LogP contribution < -0.4 is 5.73 Å². The fourth-order valence-electron chi connectivity index (χ4n) is 1.39. The lowest BCUT2D eigenvalue weighted by Gasteiger charge is -2.14. The van der Waals surface area contributed by atoms with Gasteiger partial charge in [0.15, 0.2) is 0 Å². The largest absolute Gasteiger partial charge is 0.399 e. The van der Waals surface area contributed by atoms with E-state index in [1.807, 2.05) is 0 Å². The minimum Gasteiger partial charge on any atom is -0.399 e. The van der Waals surface area contributed by atoms with Crippen LogP contribution in [0.5, 0.6) is 0 Å². The SMILES string of the molecule is CC(C)CC(O)c1ccc(N)cc1Cl. The standard InChI is InChI=1S/C11H16ClNO/c1-7(2)5-11(14)9-4-3-8(13)6-10(9)12/h3-4,6-7,11,14H,5,13H2,1-2H3. The van der Waals surface area contributed by atoms with Crippen molar-refractivity contribution < 1.29 is 5.11 Å². The average molecular weight is 214 g/mol. The Kier molecular flexibility index (Phi) is 3.78. The van der Waals surface area contributed by atoms with E-state index in [1.165, 1.54) is 0 Å². The number of anilines is 1. The van der Waals surface area contributed by atoms with Crippen molar-refractivity contribution >= 4 is 17.3 Å². The van der Waals surface area contributed by atoms with Crippen LogP contribution >= 0.6 is 11.6 Å². The Morgan fingerprint density at radius 1 is 1.43 bits per heavy atom. The molecule has 0 aliphatic carbocycles. The molecule has 1 unspecified atom stereocenters. The first-order chi connectivity index (χ1) is 6.50. The molecule has 0 amide bonds. The van der Waals surface area contributed by atoms with Crippen LogP contribution in [0.25, 0.3) is 0 Å². The van der Waals surface area contributed by atoms with E-state index in [-0.39, 0.29) is 0 Å². The first kappa shape index (κ1) is 11.3. The molecule has 1 aromatic carbocycles. The van der Waals surface area contributed by atoms with E-state index in [1.54, 1.807) is 18.2 Å². The molecule has 0 radical (unpaired) electrons. The summed E-state index contributed by atoms with van der Waals surface area (Å²) < 4.78 is 0. The normalized spacial score (nSPS) is 13.2. The average Bonchev–Trinajstić information content (AvgIpc) is 2.01. The number of benzene rings is 1. The summed E-state index contributed by atoms with van der Waals surface area (Å²) in [5.74, 6) is 0.443. The van der Waals surface area contributed by atoms with Crippen LogP contribution in [0.1, 0.15) is 31.9 Å². The van der Waals surface area contributed by atoms with Crippen molar-refractivity contribution in [1.82, 2.24) is 0 Å². The molecule has 1 atom stereocenters. The lowest BCUT2D eigenvalue weighted by molar-refractivity contribution is 0.151. The van der Waals surface area contributed by atoms with Crippen molar-refractivity contribution in [3.63, 3.8) is 0 Å². The van der Waals surface area contributed by atoms with E-state index < -0.39 is 6.10 Å². The van der Waals surface area contributed by atoms with Crippen LogP contribution in [-0.4, -0.2) is 5.11 Å². The molecule has 78 valence electrons. The van der Waals surface area contributed by atoms with Crippen molar-refractivity contribution in [3.05, 3.63) is 28.8 Å². The predicted octanol–water partition coefficient (Wildman–Crippen LogP) is 3.00. The molecule has 0 spiro atoms. The number of nitrogen functional groups attached to an aromatic ring is 1. The third-order valence-electron chi connectivity index (χ3n) is 2.08. The van der Waals surface area contributed by atoms with Gasteiger partial charge in [-0.3, -0.25) is 0 Å². The lowest BCUT2D eigenvalue weighted by Crippen LogP contribution is -2.02. The summed E-state index contributed by atoms with van der Waals surface area (Å²) in [6.07, 6.45) is 0.215. The molecule has 2 nitrogen and oxygen atoms in total. The molecule has 3 heteroatoms. The number of aliphatic hydroxyl groups is 1. The topological polar surface area (TPSA) is 46.2 Å². The van der Waals surface area contributed by atoms with Gasteiger partial charge in [-0.25, -0.2) is 0 Å². The molecular formula is C11H16ClNO. The van der Waals surface area contributed by atoms with Crippen LogP contribution in [0.3, 0.4) is 0 Å². The zero-order valence-corrected chi connectivity index (χ0v) is 9.25. The second-order valence-corrected chi connectivity index (χ2v) is 4.33. The smallest absolute Gasteiger partial charge is 0.0806 e. The molecule has 0 aliphatic heterocycles. The van der Waals surface area contributed by atoms with E-state index in [0.717, 1.165) is 5.56 Å². The van der Waals surface area contributed by atoms with Gasteiger partial charge in [0, 0.05) is 10.7 Å². The van der Waals surface area contributed by atoms with Gasteiger partial charge in [-0.05, 0) is 30.0 Å². The highest BCUT2D eigenvalue weighted by atomic mass is 35.5. The van der Waals surface area contributed by atoms with Crippen molar-refractivity contribution in [2.75, 3.05) is 5.73 Å². The second-order valence-electron chi connectivity index (χ2n) is 3.93. The maximum atomic E-state index is 9.84. The van der Waals surface area contributed by atoms with Gasteiger partial charge in [-0.2, -0.15) is 0 Å². The molecule has 0 saturated carbocycles. The zero-order valence-electron chi connectivity index (χ0n) is 8.50. The summed E-state index contributed by atoms with van der Waals surface area (Å²) >= 11 is 5.97. The number of aliphatic hydroxyl groups excluding tert-OH is 1. The van der Waals surface area contributed by atoms with Gasteiger partial charge in [0.2, 0.25) is 0 Å². The van der Waals surface area contributed by atoms with Crippen molar-refractivity contribution in [2.45, 2.75) is 26.4 Å². The van der Waals surface area contributed by atoms with Crippen LogP contribution in [-0.2, 0) is 0 Å². The Hall–Kier alpha value is -0.730. The number of hydrogen-bond acceptors (Lipinski definition) is 2. The number of hydrogen-bond donors (Lipinski definition) is 2. The summed E-state index contributed by atoms with van der Waals surface area (Å²) in [7, 11) is 0. The van der Waals surface area contributed by atoms with E-state index >= 15 is 0 Å². The number of rotatable bonds is 3. The Morgan fingerprint density at radius 2 is 2.07 bits per heavy atom. The Bertz CT molecular complexity index is 312. The Labute approximate surface area is 89.7 Å². The highest BCUT2D eigenvalue weighted by Crippen LogP contribution is 2.28. The van der Waals surface area contributed by atoms with Gasteiger partial charge in [0.25, 0.3) is 0 Å². The molecule has 0 fully saturated rings. The summed E-state index contributed by atoms with van der Waals surface area (Å²) in [6.45, 7) is 4.13. The molecule has 1 rings (SSSR count). The highest BCUT2D eigenvalue weighted by Gasteiger charge is 2.12. The molecule has 14 heavy (non-hydrogen) atoms. The van der Waals surface area contributed by atoms with Gasteiger partial charge in [-0.15, -0.1) is 0 Å². The van der Waals surface area contributed by atoms with Gasteiger partial charge >= 0.3 is 0 Å². The van der Waals surface area contributed by atoms with Crippen molar-refractivity contribution in [2.24, 2.45) is 5.92 Å². The molecule has 0 bridgehead atoms. The highest BCUT2D eigenvalue weighted by molar-refractivity contribution is 6.31. The fraction of sp³-hybridized carbons (Fsp3) is 0.455. The minimum absolute atomic E-state index is 0.443. The quantitative estimate of drug-likeness (QED) is 0.759. The van der Waals surface area contributed by atoms with Crippen LogP contribution in [0, 0.1) is 5.92 Å². The van der Waals surface area contributed by atoms with Crippen molar-refractivity contribution in [1.29, 1.82) is 0 Å². The molecule has 0 aliphatic rings. The fourth-order valence-corrected chi connectivity index (χ4v) is 1.70. The minimum atomic E-state index is -0.497. The van der Waals surface area contributed by atoms with Crippen LogP contribution in [0.2, 0.25) is 5.02 Å². The Morgan fingerprint density at radius 3 is 2.57 bits per heavy atom. The lowest BCUT2D eigenvalue weighted by atomic mass is 9.99. The summed E-state index contributed by atoms with van der Waals surface area (Å²) in [4.78, 5) is 0. The third-order valence-corrected chi connectivity index (χ3v) is 2.41. The monoisotopic (exact) mass is 213 g/mol. The van der Waals surface area contributed by atoms with Gasteiger partial charge in [0.05, 0.1) is 6.10 Å². The maximum Gasteiger partial charge on any atom is 0.0806 e. The van der Waals surface area contributed by atoms with Gasteiger partial charge < -0.3 is 10.8 Å². The third kappa shape index (κ3) is 2.89. The summed E-state index contributed by atoms with van der Waals surface area (Å²) in [5, 5.41) is 10.4. The molecule has 0 heterocycles. The van der Waals surface area contributed by atoms with E-state index in [2.05, 4.69) is 13.8 Å². The zero-order chi connectivity index (χ0) is 10.7. The molecule has 0 aromatic heterocycles. The molecule has 0 saturated heterocycles. The number of nitrogens with two attached hydrogens (primary N) is 1.